The van der Waals surface area contributed by atoms with Gasteiger partial charge in [0.15, 0.2) is 0 Å². The predicted molar refractivity (Wildman–Crippen MR) is 236 cm³/mol. The number of fused-ring (bicyclic) bond motifs is 2. The molecule has 0 aromatic heterocycles. The molecule has 2 aromatic rings. The lowest BCUT2D eigenvalue weighted by Crippen LogP contribution is -2.70. The van der Waals surface area contributed by atoms with Crippen molar-refractivity contribution in [2.24, 2.45) is 22.9 Å². The summed E-state index contributed by atoms with van der Waals surface area (Å²) in [6.45, 7) is 4.93. The van der Waals surface area contributed by atoms with E-state index in [9.17, 15) is 24.9 Å². The number of oxime groups is 1. The molecule has 1 saturated carbocycles. The smallest absolute Gasteiger partial charge is 0.412 e. The first-order valence-corrected chi connectivity index (χ1v) is 22.9. The van der Waals surface area contributed by atoms with Crippen molar-refractivity contribution in [1.82, 2.24) is 10.2 Å². The van der Waals surface area contributed by atoms with Crippen molar-refractivity contribution in [3.05, 3.63) is 84.0 Å². The van der Waals surface area contributed by atoms with Gasteiger partial charge in [0.05, 0.1) is 50.5 Å². The van der Waals surface area contributed by atoms with Crippen molar-refractivity contribution in [2.45, 2.75) is 94.8 Å². The topological polar surface area (TPSA) is 187 Å². The van der Waals surface area contributed by atoms with E-state index in [4.69, 9.17) is 50.0 Å². The van der Waals surface area contributed by atoms with Gasteiger partial charge in [-0.25, -0.2) is 9.59 Å². The van der Waals surface area contributed by atoms with Gasteiger partial charge >= 0.3 is 12.2 Å². The highest BCUT2D eigenvalue weighted by molar-refractivity contribution is 6.18. The van der Waals surface area contributed by atoms with E-state index in [1.165, 1.54) is 0 Å². The summed E-state index contributed by atoms with van der Waals surface area (Å²) in [5.74, 6) is -1.73. The van der Waals surface area contributed by atoms with Crippen molar-refractivity contribution in [3.8, 4) is 11.5 Å². The Labute approximate surface area is 375 Å². The molecule has 2 amide bonds. The Bertz CT molecular complexity index is 1830. The van der Waals surface area contributed by atoms with Crippen LogP contribution in [0.15, 0.2) is 78.0 Å². The molecule has 16 heteroatoms. The standard InChI is InChI=1S/C47H64ClN3O12/c1-2-24-60-47-41(51(20-27-57-28-23-54)46(56)59-26-19-48)31-39(50-63-42-16-8-11-25-58-42)37-29-34(14-6-9-21-52)36(15-7-10-22-53)43(44(37)47)38-30-35(17-18-40(38)62-47)61-45(55)49-32-33-12-4-3-5-13-33/h2-5,12-13,17-18,29-30,34,36,41-44,52-54H,1,6-11,14-16,19-28,31-32H2,(H,49,55)/t34-,36+,41-,42?,43+,44+,47+/m0/s1. The first-order chi connectivity index (χ1) is 30.9. The van der Waals surface area contributed by atoms with Crippen LogP contribution in [0.5, 0.6) is 11.5 Å². The molecule has 63 heavy (non-hydrogen) atoms. The average Bonchev–Trinajstić information content (AvgIpc) is 3.31. The number of ether oxygens (including phenoxy) is 6. The summed E-state index contributed by atoms with van der Waals surface area (Å²) < 4.78 is 37.5. The fraction of sp³-hybridized carbons (Fsp3) is 0.596. The molecule has 346 valence electrons. The Morgan fingerprint density at radius 1 is 1.00 bits per heavy atom. The van der Waals surface area contributed by atoms with Crippen LogP contribution in [0.4, 0.5) is 9.59 Å². The van der Waals surface area contributed by atoms with Gasteiger partial charge in [-0.05, 0) is 79.7 Å². The lowest BCUT2D eigenvalue weighted by Gasteiger charge is -2.59. The first-order valence-electron chi connectivity index (χ1n) is 22.4. The van der Waals surface area contributed by atoms with E-state index in [0.717, 1.165) is 55.2 Å². The Morgan fingerprint density at radius 3 is 2.54 bits per heavy atom. The predicted octanol–water partition coefficient (Wildman–Crippen LogP) is 6.82. The van der Waals surface area contributed by atoms with Crippen molar-refractivity contribution < 1.29 is 58.2 Å². The van der Waals surface area contributed by atoms with Gasteiger partial charge in [0, 0.05) is 50.6 Å². The van der Waals surface area contributed by atoms with Crippen LogP contribution in [0.1, 0.15) is 81.3 Å². The van der Waals surface area contributed by atoms with E-state index in [0.29, 0.717) is 43.1 Å². The second-order valence-corrected chi connectivity index (χ2v) is 16.6. The van der Waals surface area contributed by atoms with Crippen molar-refractivity contribution in [3.63, 3.8) is 0 Å². The van der Waals surface area contributed by atoms with Crippen LogP contribution in [0, 0.1) is 17.8 Å². The molecule has 2 aliphatic carbocycles. The largest absolute Gasteiger partial charge is 0.459 e. The minimum absolute atomic E-state index is 0.0161. The number of carbonyl (C=O) groups is 2. The molecule has 2 heterocycles. The van der Waals surface area contributed by atoms with Crippen molar-refractivity contribution in [2.75, 3.05) is 65.3 Å². The molecule has 2 fully saturated rings. The fourth-order valence-electron chi connectivity index (χ4n) is 9.45. The minimum Gasteiger partial charge on any atom is -0.459 e. The molecule has 7 atom stereocenters. The second-order valence-electron chi connectivity index (χ2n) is 16.2. The number of nitrogens with zero attached hydrogens (tertiary/aromatic N) is 2. The maximum absolute atomic E-state index is 14.3. The van der Waals surface area contributed by atoms with E-state index in [-0.39, 0.29) is 89.4 Å². The van der Waals surface area contributed by atoms with Gasteiger partial charge in [-0.15, -0.1) is 18.2 Å². The number of aliphatic hydroxyl groups is 3. The van der Waals surface area contributed by atoms with Gasteiger partial charge in [0.2, 0.25) is 12.1 Å². The lowest BCUT2D eigenvalue weighted by atomic mass is 9.55. The molecule has 0 radical (unpaired) electrons. The number of benzene rings is 2. The van der Waals surface area contributed by atoms with E-state index in [1.54, 1.807) is 23.1 Å². The molecule has 1 saturated heterocycles. The Kier molecular flexibility index (Phi) is 18.9. The van der Waals surface area contributed by atoms with Gasteiger partial charge in [-0.3, -0.25) is 4.90 Å². The highest BCUT2D eigenvalue weighted by atomic mass is 35.5. The molecule has 1 unspecified atom stereocenters. The van der Waals surface area contributed by atoms with Crippen molar-refractivity contribution in [1.29, 1.82) is 0 Å². The Morgan fingerprint density at radius 2 is 1.81 bits per heavy atom. The van der Waals surface area contributed by atoms with Gasteiger partial charge in [0.25, 0.3) is 0 Å². The number of carbonyl (C=O) groups excluding carboxylic acids is 2. The lowest BCUT2D eigenvalue weighted by molar-refractivity contribution is -0.256. The second kappa shape index (κ2) is 24.7. The SMILES string of the molecule is C=CCO[C@@]12Oc3ccc(OC(=O)NCc4ccccc4)cc3[C@H]3[C@H](CCCCO)[C@@H](CCCCO)C=C(C(=NOC4CCCCO4)C[C@@H]1N(CCOCCO)C(=O)OCCCl)[C@H]32. The monoisotopic (exact) mass is 897 g/mol. The molecule has 4 aliphatic rings. The molecule has 15 nitrogen and oxygen atoms in total. The van der Waals surface area contributed by atoms with Gasteiger partial charge < -0.3 is 53.9 Å². The van der Waals surface area contributed by atoms with Crippen LogP contribution >= 0.6 is 11.6 Å². The normalized spacial score (nSPS) is 25.5. The van der Waals surface area contributed by atoms with Crippen LogP contribution in [0.3, 0.4) is 0 Å². The van der Waals surface area contributed by atoms with Crippen LogP contribution < -0.4 is 14.8 Å². The van der Waals surface area contributed by atoms with E-state index in [1.807, 2.05) is 36.4 Å². The summed E-state index contributed by atoms with van der Waals surface area (Å²) in [7, 11) is 0. The highest BCUT2D eigenvalue weighted by Gasteiger charge is 2.65. The highest BCUT2D eigenvalue weighted by Crippen LogP contribution is 2.62. The number of nitrogens with one attached hydrogen (secondary N) is 1. The third-order valence-electron chi connectivity index (χ3n) is 12.2. The minimum atomic E-state index is -1.56. The summed E-state index contributed by atoms with van der Waals surface area (Å²) in [6.07, 6.45) is 8.92. The molecular formula is C47H64ClN3O12. The van der Waals surface area contributed by atoms with Gasteiger partial charge in [0.1, 0.15) is 24.1 Å². The zero-order valence-electron chi connectivity index (χ0n) is 36.1. The summed E-state index contributed by atoms with van der Waals surface area (Å²) in [4.78, 5) is 35.3. The van der Waals surface area contributed by atoms with Crippen LogP contribution in [0.2, 0.25) is 0 Å². The number of unbranched alkanes of at least 4 members (excludes halogenated alkanes) is 2. The maximum Gasteiger partial charge on any atom is 0.412 e. The van der Waals surface area contributed by atoms with Gasteiger partial charge in [-0.2, -0.15) is 0 Å². The summed E-state index contributed by atoms with van der Waals surface area (Å²) >= 11 is 6.04. The molecule has 2 aliphatic heterocycles. The number of alkyl halides is 1. The fourth-order valence-corrected chi connectivity index (χ4v) is 9.53. The van der Waals surface area contributed by atoms with E-state index in [2.05, 4.69) is 18.0 Å². The maximum atomic E-state index is 14.3. The Hall–Kier alpha value is -4.22. The zero-order chi connectivity index (χ0) is 44.4. The molecular weight excluding hydrogens is 834 g/mol. The molecule has 0 spiro atoms. The van der Waals surface area contributed by atoms with Crippen LogP contribution in [-0.2, 0) is 30.3 Å². The van der Waals surface area contributed by atoms with Crippen LogP contribution in [0.25, 0.3) is 0 Å². The quantitative estimate of drug-likeness (QED) is 0.0374. The number of halogens is 1. The zero-order valence-corrected chi connectivity index (χ0v) is 36.8. The number of rotatable bonds is 24. The number of aliphatic hydroxyl groups excluding tert-OH is 3. The van der Waals surface area contributed by atoms with E-state index < -0.39 is 36.2 Å². The average molecular weight is 898 g/mol. The molecule has 6 rings (SSSR count). The summed E-state index contributed by atoms with van der Waals surface area (Å²) in [5, 5.41) is 37.1. The van der Waals surface area contributed by atoms with E-state index >= 15 is 0 Å². The van der Waals surface area contributed by atoms with Gasteiger partial charge in [-0.1, -0.05) is 60.5 Å². The number of hydrogen-bond acceptors (Lipinski definition) is 13. The Balaban J connectivity index is 1.52. The summed E-state index contributed by atoms with van der Waals surface area (Å²) in [5.41, 5.74) is 3.14. The number of allylic oxidation sites excluding steroid dienone is 1. The number of hydrogen-bond donors (Lipinski definition) is 4. The molecule has 4 N–H and O–H groups in total. The first kappa shape index (κ1) is 48.2. The third kappa shape index (κ3) is 12.3. The molecule has 0 bridgehead atoms. The third-order valence-corrected chi connectivity index (χ3v) is 12.3. The number of amides is 2. The van der Waals surface area contributed by atoms with Crippen molar-refractivity contribution >= 4 is 29.5 Å². The van der Waals surface area contributed by atoms with Crippen LogP contribution in [-0.4, -0.2) is 122 Å². The summed E-state index contributed by atoms with van der Waals surface area (Å²) in [6, 6.07) is 14.0. The molecule has 2 aromatic carbocycles.